The number of carbonyl (C=O) groups excluding carboxylic acids is 1. The molecule has 1 amide bonds. The molecule has 0 saturated heterocycles. The summed E-state index contributed by atoms with van der Waals surface area (Å²) in [5, 5.41) is 10.1. The monoisotopic (exact) mass is 538 g/mol. The molecule has 0 fully saturated rings. The second-order valence-electron chi connectivity index (χ2n) is 6.59. The van der Waals surface area contributed by atoms with Crippen molar-refractivity contribution in [3.63, 3.8) is 0 Å². The number of hydrogen-bond donors (Lipinski definition) is 1. The number of aryl methyl sites for hydroxylation is 1. The molecule has 11 heteroatoms. The topological polar surface area (TPSA) is 103 Å². The Labute approximate surface area is 197 Å². The molecule has 0 spiro atoms. The Kier molecular flexibility index (Phi) is 7.01. The van der Waals surface area contributed by atoms with Crippen molar-refractivity contribution in [1.29, 1.82) is 5.26 Å². The number of amides is 1. The summed E-state index contributed by atoms with van der Waals surface area (Å²) >= 11 is 11.0. The fourth-order valence-electron chi connectivity index (χ4n) is 2.73. The Bertz CT molecular complexity index is 1280. The number of thiazole rings is 1. The van der Waals surface area contributed by atoms with Crippen molar-refractivity contribution in [2.24, 2.45) is 0 Å². The van der Waals surface area contributed by atoms with Gasteiger partial charge in [-0.05, 0) is 48.9 Å². The molecule has 0 aliphatic carbocycles. The number of benzene rings is 2. The average molecular weight is 540 g/mol. The van der Waals surface area contributed by atoms with Gasteiger partial charge in [0.25, 0.3) is 5.91 Å². The molecule has 1 N–H and O–H groups in total. The third kappa shape index (κ3) is 5.83. The summed E-state index contributed by atoms with van der Waals surface area (Å²) in [5.41, 5.74) is 2.10. The third-order valence-electron chi connectivity index (χ3n) is 4.16. The highest BCUT2D eigenvalue weighted by Gasteiger charge is 2.23. The maximum absolute atomic E-state index is 12.4. The molecule has 160 valence electrons. The van der Waals surface area contributed by atoms with Gasteiger partial charge in [0, 0.05) is 20.1 Å². The highest BCUT2D eigenvalue weighted by atomic mass is 79.9. The highest BCUT2D eigenvalue weighted by molar-refractivity contribution is 9.10. The van der Waals surface area contributed by atoms with Gasteiger partial charge in [-0.15, -0.1) is 11.3 Å². The van der Waals surface area contributed by atoms with E-state index in [9.17, 15) is 13.2 Å². The lowest BCUT2D eigenvalue weighted by molar-refractivity contribution is 0.0977. The minimum absolute atomic E-state index is 0.0333. The molecule has 0 aliphatic heterocycles. The molecule has 2 aromatic carbocycles. The SMILES string of the molecule is Cc1sc(N(Cc2ccc(Br)cc2Cl)c2ccc(C#N)cc2)nc1C(=O)NS(C)(=O)=O. The van der Waals surface area contributed by atoms with Gasteiger partial charge in [-0.1, -0.05) is 33.6 Å². The fraction of sp³-hybridized carbons (Fsp3) is 0.150. The lowest BCUT2D eigenvalue weighted by Gasteiger charge is -2.23. The van der Waals surface area contributed by atoms with Crippen molar-refractivity contribution in [2.45, 2.75) is 13.5 Å². The predicted molar refractivity (Wildman–Crippen MR) is 125 cm³/mol. The summed E-state index contributed by atoms with van der Waals surface area (Å²) in [6.07, 6.45) is 0.909. The van der Waals surface area contributed by atoms with Gasteiger partial charge in [0.15, 0.2) is 5.13 Å². The summed E-state index contributed by atoms with van der Waals surface area (Å²) in [4.78, 5) is 19.2. The van der Waals surface area contributed by atoms with Crippen LogP contribution >= 0.6 is 38.9 Å². The fourth-order valence-corrected chi connectivity index (χ4v) is 4.82. The molecule has 0 bridgehead atoms. The molecule has 0 aliphatic rings. The van der Waals surface area contributed by atoms with Gasteiger partial charge in [-0.2, -0.15) is 5.26 Å². The molecule has 31 heavy (non-hydrogen) atoms. The van der Waals surface area contributed by atoms with Crippen LogP contribution in [-0.4, -0.2) is 25.6 Å². The normalized spacial score (nSPS) is 11.1. The van der Waals surface area contributed by atoms with Gasteiger partial charge in [-0.25, -0.2) is 18.1 Å². The summed E-state index contributed by atoms with van der Waals surface area (Å²) in [5.74, 6) is -0.788. The first-order valence-corrected chi connectivity index (χ1v) is 12.7. The van der Waals surface area contributed by atoms with Crippen molar-refractivity contribution >= 4 is 65.6 Å². The van der Waals surface area contributed by atoms with Crippen LogP contribution in [0.1, 0.15) is 26.5 Å². The molecular formula is C20H16BrClN4O3S2. The van der Waals surface area contributed by atoms with Crippen LogP contribution in [0.4, 0.5) is 10.8 Å². The number of halogens is 2. The van der Waals surface area contributed by atoms with Gasteiger partial charge >= 0.3 is 0 Å². The number of hydrogen-bond acceptors (Lipinski definition) is 7. The van der Waals surface area contributed by atoms with E-state index in [4.69, 9.17) is 16.9 Å². The van der Waals surface area contributed by atoms with Crippen molar-refractivity contribution in [1.82, 2.24) is 9.71 Å². The van der Waals surface area contributed by atoms with Gasteiger partial charge in [0.05, 0.1) is 24.4 Å². The Morgan fingerprint density at radius 3 is 2.55 bits per heavy atom. The number of aromatic nitrogens is 1. The Balaban J connectivity index is 2.04. The molecule has 0 unspecified atom stereocenters. The van der Waals surface area contributed by atoms with Crippen LogP contribution in [0.15, 0.2) is 46.9 Å². The molecule has 3 rings (SSSR count). The predicted octanol–water partition coefficient (Wildman–Crippen LogP) is 4.77. The zero-order valence-corrected chi connectivity index (χ0v) is 20.4. The second kappa shape index (κ2) is 9.36. The molecule has 1 heterocycles. The standard InChI is InChI=1S/C20H16BrClN4O3S2/c1-12-18(19(27)25-31(2,28)29)24-20(30-12)26(16-7-3-13(10-23)4-8-16)11-14-5-6-15(21)9-17(14)22/h3-9H,11H2,1-2H3,(H,25,27). The van der Waals surface area contributed by atoms with E-state index < -0.39 is 15.9 Å². The lowest BCUT2D eigenvalue weighted by atomic mass is 10.1. The highest BCUT2D eigenvalue weighted by Crippen LogP contribution is 2.34. The van der Waals surface area contributed by atoms with Crippen LogP contribution in [0.25, 0.3) is 0 Å². The smallest absolute Gasteiger partial charge is 0.284 e. The summed E-state index contributed by atoms with van der Waals surface area (Å²) in [6.45, 7) is 2.04. The summed E-state index contributed by atoms with van der Waals surface area (Å²) in [6, 6.07) is 14.5. The van der Waals surface area contributed by atoms with Crippen molar-refractivity contribution in [3.8, 4) is 6.07 Å². The number of nitrogens with zero attached hydrogens (tertiary/aromatic N) is 3. The Morgan fingerprint density at radius 2 is 1.97 bits per heavy atom. The maximum atomic E-state index is 12.4. The van der Waals surface area contributed by atoms with Crippen molar-refractivity contribution in [2.75, 3.05) is 11.2 Å². The first-order chi connectivity index (χ1) is 14.6. The second-order valence-corrected chi connectivity index (χ2v) is 10.8. The van der Waals surface area contributed by atoms with Gasteiger partial charge in [0.1, 0.15) is 5.69 Å². The summed E-state index contributed by atoms with van der Waals surface area (Å²) < 4.78 is 25.7. The number of rotatable bonds is 6. The van der Waals surface area contributed by atoms with Crippen molar-refractivity contribution in [3.05, 3.63) is 73.7 Å². The van der Waals surface area contributed by atoms with Crippen molar-refractivity contribution < 1.29 is 13.2 Å². The Hall–Kier alpha value is -2.45. The van der Waals surface area contributed by atoms with Crippen LogP contribution < -0.4 is 9.62 Å². The quantitative estimate of drug-likeness (QED) is 0.484. The van der Waals surface area contributed by atoms with Crippen LogP contribution in [0.3, 0.4) is 0 Å². The van der Waals surface area contributed by atoms with Gasteiger partial charge in [-0.3, -0.25) is 4.79 Å². The zero-order chi connectivity index (χ0) is 22.8. The van der Waals surface area contributed by atoms with E-state index in [0.717, 1.165) is 22.0 Å². The number of anilines is 2. The van der Waals surface area contributed by atoms with Crippen LogP contribution in [0.5, 0.6) is 0 Å². The molecule has 0 saturated carbocycles. The minimum Gasteiger partial charge on any atom is -0.313 e. The van der Waals surface area contributed by atoms with E-state index in [1.165, 1.54) is 11.3 Å². The molecule has 0 atom stereocenters. The van der Waals surface area contributed by atoms with Gasteiger partial charge < -0.3 is 4.90 Å². The van der Waals surface area contributed by atoms with E-state index in [2.05, 4.69) is 27.0 Å². The number of carbonyl (C=O) groups is 1. The molecule has 3 aromatic rings. The Morgan fingerprint density at radius 1 is 1.29 bits per heavy atom. The number of nitriles is 1. The minimum atomic E-state index is -3.72. The molecule has 0 radical (unpaired) electrons. The largest absolute Gasteiger partial charge is 0.313 e. The van der Waals surface area contributed by atoms with Gasteiger partial charge in [0.2, 0.25) is 10.0 Å². The maximum Gasteiger partial charge on any atom is 0.284 e. The molecular weight excluding hydrogens is 524 g/mol. The van der Waals surface area contributed by atoms with E-state index in [1.54, 1.807) is 37.3 Å². The summed E-state index contributed by atoms with van der Waals surface area (Å²) in [7, 11) is -3.72. The number of sulfonamides is 1. The third-order valence-corrected chi connectivity index (χ3v) is 6.56. The average Bonchev–Trinajstić information content (AvgIpc) is 3.08. The molecule has 7 nitrogen and oxygen atoms in total. The van der Waals surface area contributed by atoms with Crippen LogP contribution in [0, 0.1) is 18.3 Å². The van der Waals surface area contributed by atoms with E-state index in [0.29, 0.717) is 27.1 Å². The first-order valence-electron chi connectivity index (χ1n) is 8.78. The first kappa shape index (κ1) is 23.2. The number of nitrogens with one attached hydrogen (secondary N) is 1. The van der Waals surface area contributed by atoms with Crippen LogP contribution in [-0.2, 0) is 16.6 Å². The molecule has 1 aromatic heterocycles. The van der Waals surface area contributed by atoms with E-state index >= 15 is 0 Å². The van der Waals surface area contributed by atoms with Crippen LogP contribution in [0.2, 0.25) is 5.02 Å². The zero-order valence-electron chi connectivity index (χ0n) is 16.4. The van der Waals surface area contributed by atoms with E-state index in [-0.39, 0.29) is 5.69 Å². The van der Waals surface area contributed by atoms with E-state index in [1.807, 2.05) is 21.8 Å². The lowest BCUT2D eigenvalue weighted by Crippen LogP contribution is -2.30.